The molecule has 1 aromatic rings. The van der Waals surface area contributed by atoms with Crippen LogP contribution in [-0.2, 0) is 19.1 Å². The van der Waals surface area contributed by atoms with Gasteiger partial charge >= 0.3 is 5.97 Å². The van der Waals surface area contributed by atoms with Crippen molar-refractivity contribution in [2.45, 2.75) is 38.5 Å². The Hall–Kier alpha value is -2.57. The van der Waals surface area contributed by atoms with Gasteiger partial charge in [-0.2, -0.15) is 0 Å². The van der Waals surface area contributed by atoms with Gasteiger partial charge < -0.3 is 20.1 Å². The van der Waals surface area contributed by atoms with Gasteiger partial charge in [-0.15, -0.1) is 0 Å². The van der Waals surface area contributed by atoms with E-state index in [2.05, 4.69) is 10.6 Å². The highest BCUT2D eigenvalue weighted by molar-refractivity contribution is 5.94. The van der Waals surface area contributed by atoms with Crippen LogP contribution < -0.4 is 15.4 Å². The maximum atomic E-state index is 12.8. The molecule has 29 heavy (non-hydrogen) atoms. The molecule has 4 fully saturated rings. The van der Waals surface area contributed by atoms with Gasteiger partial charge in [0.05, 0.1) is 12.8 Å². The summed E-state index contributed by atoms with van der Waals surface area (Å²) in [4.78, 5) is 36.9. The van der Waals surface area contributed by atoms with Gasteiger partial charge in [0.25, 0.3) is 5.91 Å². The van der Waals surface area contributed by atoms with Crippen molar-refractivity contribution in [3.63, 3.8) is 0 Å². The zero-order valence-electron chi connectivity index (χ0n) is 16.7. The van der Waals surface area contributed by atoms with Gasteiger partial charge in [0.2, 0.25) is 5.91 Å². The molecule has 0 aliphatic heterocycles. The van der Waals surface area contributed by atoms with Crippen LogP contribution in [-0.4, -0.2) is 38.0 Å². The van der Waals surface area contributed by atoms with Crippen molar-refractivity contribution in [3.05, 3.63) is 24.3 Å². The SMILES string of the molecule is COc1ccccc1NC(=O)COC(=O)CNC(=O)C12CC3CC(CC(C3)C1)C2. The predicted molar refractivity (Wildman–Crippen MR) is 106 cm³/mol. The monoisotopic (exact) mass is 400 g/mol. The maximum Gasteiger partial charge on any atom is 0.325 e. The molecule has 0 atom stereocenters. The minimum Gasteiger partial charge on any atom is -0.495 e. The zero-order valence-corrected chi connectivity index (χ0v) is 16.7. The van der Waals surface area contributed by atoms with Crippen LogP contribution in [0.4, 0.5) is 5.69 Å². The molecule has 7 heteroatoms. The third-order valence-electron chi connectivity index (χ3n) is 6.66. The van der Waals surface area contributed by atoms with E-state index in [0.29, 0.717) is 29.2 Å². The molecule has 5 rings (SSSR count). The van der Waals surface area contributed by atoms with Crippen molar-refractivity contribution >= 4 is 23.5 Å². The van der Waals surface area contributed by atoms with Gasteiger partial charge in [-0.1, -0.05) is 12.1 Å². The van der Waals surface area contributed by atoms with Gasteiger partial charge in [-0.05, 0) is 68.4 Å². The fraction of sp³-hybridized carbons (Fsp3) is 0.591. The lowest BCUT2D eigenvalue weighted by Gasteiger charge is -2.55. The lowest BCUT2D eigenvalue weighted by atomic mass is 9.49. The molecule has 4 aliphatic carbocycles. The van der Waals surface area contributed by atoms with E-state index >= 15 is 0 Å². The number of benzene rings is 1. The summed E-state index contributed by atoms with van der Waals surface area (Å²) in [5, 5.41) is 5.41. The van der Waals surface area contributed by atoms with Crippen molar-refractivity contribution in [2.24, 2.45) is 23.2 Å². The molecule has 7 nitrogen and oxygen atoms in total. The molecule has 0 aromatic heterocycles. The molecule has 0 spiro atoms. The Morgan fingerprint density at radius 2 is 1.66 bits per heavy atom. The summed E-state index contributed by atoms with van der Waals surface area (Å²) in [6.45, 7) is -0.618. The Morgan fingerprint density at radius 1 is 1.03 bits per heavy atom. The van der Waals surface area contributed by atoms with Gasteiger partial charge in [-0.25, -0.2) is 0 Å². The van der Waals surface area contributed by atoms with E-state index in [9.17, 15) is 14.4 Å². The molecule has 0 radical (unpaired) electrons. The van der Waals surface area contributed by atoms with Crippen LogP contribution in [0.1, 0.15) is 38.5 Å². The third kappa shape index (κ3) is 4.23. The van der Waals surface area contributed by atoms with Crippen LogP contribution in [0.3, 0.4) is 0 Å². The van der Waals surface area contributed by atoms with E-state index in [1.807, 2.05) is 0 Å². The van der Waals surface area contributed by atoms with E-state index in [1.165, 1.54) is 26.4 Å². The predicted octanol–water partition coefficient (Wildman–Crippen LogP) is 2.51. The summed E-state index contributed by atoms with van der Waals surface area (Å²) >= 11 is 0. The average Bonchev–Trinajstić information content (AvgIpc) is 2.70. The fourth-order valence-electron chi connectivity index (χ4n) is 5.86. The topological polar surface area (TPSA) is 93.7 Å². The smallest absolute Gasteiger partial charge is 0.325 e. The number of para-hydroxylation sites is 2. The van der Waals surface area contributed by atoms with Gasteiger partial charge in [0.15, 0.2) is 6.61 Å². The first-order valence-electron chi connectivity index (χ1n) is 10.3. The first-order chi connectivity index (χ1) is 14.0. The number of hydrogen-bond acceptors (Lipinski definition) is 5. The van der Waals surface area contributed by atoms with E-state index in [-0.39, 0.29) is 17.9 Å². The van der Waals surface area contributed by atoms with E-state index in [1.54, 1.807) is 24.3 Å². The van der Waals surface area contributed by atoms with Crippen LogP contribution >= 0.6 is 0 Å². The summed E-state index contributed by atoms with van der Waals surface area (Å²) < 4.78 is 10.2. The molecule has 2 amide bonds. The first kappa shape index (κ1) is 19.7. The van der Waals surface area contributed by atoms with Crippen LogP contribution in [0.25, 0.3) is 0 Å². The number of ether oxygens (including phenoxy) is 2. The summed E-state index contributed by atoms with van der Waals surface area (Å²) in [5.41, 5.74) is 0.210. The fourth-order valence-corrected chi connectivity index (χ4v) is 5.86. The van der Waals surface area contributed by atoms with Crippen molar-refractivity contribution in [3.8, 4) is 5.75 Å². The highest BCUT2D eigenvalue weighted by Crippen LogP contribution is 2.60. The molecule has 2 N–H and O–H groups in total. The molecule has 0 unspecified atom stereocenters. The first-order valence-corrected chi connectivity index (χ1v) is 10.3. The largest absolute Gasteiger partial charge is 0.495 e. The van der Waals surface area contributed by atoms with Crippen molar-refractivity contribution in [2.75, 3.05) is 25.6 Å². The Kier molecular flexibility index (Phi) is 5.48. The van der Waals surface area contributed by atoms with Crippen LogP contribution in [0.2, 0.25) is 0 Å². The lowest BCUT2D eigenvalue weighted by Crippen LogP contribution is -2.54. The van der Waals surface area contributed by atoms with Gasteiger partial charge in [0, 0.05) is 5.41 Å². The molecule has 0 heterocycles. The zero-order chi connectivity index (χ0) is 20.4. The van der Waals surface area contributed by atoms with Crippen molar-refractivity contribution in [1.29, 1.82) is 0 Å². The second-order valence-corrected chi connectivity index (χ2v) is 8.79. The number of methoxy groups -OCH3 is 1. The normalized spacial score (nSPS) is 29.2. The van der Waals surface area contributed by atoms with Crippen LogP contribution in [0.15, 0.2) is 24.3 Å². The quantitative estimate of drug-likeness (QED) is 0.686. The molecular formula is C22H28N2O5. The second-order valence-electron chi connectivity index (χ2n) is 8.79. The number of rotatable bonds is 7. The number of carbonyl (C=O) groups is 3. The van der Waals surface area contributed by atoms with E-state index in [0.717, 1.165) is 19.3 Å². The van der Waals surface area contributed by atoms with Crippen molar-refractivity contribution in [1.82, 2.24) is 5.32 Å². The molecule has 4 saturated carbocycles. The number of carbonyl (C=O) groups excluding carboxylic acids is 3. The Morgan fingerprint density at radius 3 is 2.28 bits per heavy atom. The molecule has 156 valence electrons. The summed E-state index contributed by atoms with van der Waals surface area (Å²) in [7, 11) is 1.51. The summed E-state index contributed by atoms with van der Waals surface area (Å²) in [6.07, 6.45) is 6.62. The third-order valence-corrected chi connectivity index (χ3v) is 6.66. The molecule has 4 aliphatic rings. The summed E-state index contributed by atoms with van der Waals surface area (Å²) in [5.74, 6) is 1.42. The van der Waals surface area contributed by atoms with E-state index in [4.69, 9.17) is 9.47 Å². The van der Waals surface area contributed by atoms with E-state index < -0.39 is 18.5 Å². The minimum atomic E-state index is -0.613. The van der Waals surface area contributed by atoms with Crippen molar-refractivity contribution < 1.29 is 23.9 Å². The van der Waals surface area contributed by atoms with Crippen LogP contribution in [0, 0.1) is 23.2 Å². The maximum absolute atomic E-state index is 12.8. The standard InChI is InChI=1S/C22H28N2O5/c1-28-18-5-3-2-4-17(18)24-19(25)13-29-20(26)12-23-21(27)22-9-14-6-15(10-22)8-16(7-14)11-22/h2-5,14-16H,6-13H2,1H3,(H,23,27)(H,24,25). The number of nitrogens with one attached hydrogen (secondary N) is 2. The molecule has 4 bridgehead atoms. The lowest BCUT2D eigenvalue weighted by molar-refractivity contribution is -0.152. The Bertz CT molecular complexity index is 771. The average molecular weight is 400 g/mol. The van der Waals surface area contributed by atoms with Gasteiger partial charge in [0.1, 0.15) is 12.3 Å². The Balaban J connectivity index is 1.22. The molecule has 0 saturated heterocycles. The molecule has 1 aromatic carbocycles. The minimum absolute atomic E-state index is 0.0213. The highest BCUT2D eigenvalue weighted by Gasteiger charge is 2.54. The van der Waals surface area contributed by atoms with Gasteiger partial charge in [-0.3, -0.25) is 14.4 Å². The Labute approximate surface area is 170 Å². The van der Waals surface area contributed by atoms with Crippen LogP contribution in [0.5, 0.6) is 5.75 Å². The summed E-state index contributed by atoms with van der Waals surface area (Å²) in [6, 6.07) is 6.98. The number of esters is 1. The highest BCUT2D eigenvalue weighted by atomic mass is 16.5. The molecular weight excluding hydrogens is 372 g/mol. The second kappa shape index (κ2) is 8.05. The number of hydrogen-bond donors (Lipinski definition) is 2. The number of anilines is 1. The number of amides is 2.